The summed E-state index contributed by atoms with van der Waals surface area (Å²) < 4.78 is 0. The topological polar surface area (TPSA) is 35.6 Å². The molecule has 4 heteroatoms. The Kier molecular flexibility index (Phi) is 5.22. The monoisotopic (exact) mass is 267 g/mol. The van der Waals surface area contributed by atoms with Gasteiger partial charge in [-0.15, -0.1) is 0 Å². The van der Waals surface area contributed by atoms with Crippen molar-refractivity contribution in [3.8, 4) is 0 Å². The predicted octanol–water partition coefficient (Wildman–Crippen LogP) is 1.32. The summed E-state index contributed by atoms with van der Waals surface area (Å²) in [5.74, 6) is 0.546. The molecule has 2 heterocycles. The molecule has 0 saturated carbocycles. The lowest BCUT2D eigenvalue weighted by atomic mass is 9.97. The average molecular weight is 267 g/mol. The second kappa shape index (κ2) is 6.71. The van der Waals surface area contributed by atoms with E-state index in [2.05, 4.69) is 24.1 Å². The van der Waals surface area contributed by atoms with Crippen molar-refractivity contribution >= 4 is 5.91 Å². The van der Waals surface area contributed by atoms with Crippen molar-refractivity contribution in [1.82, 2.24) is 15.1 Å². The van der Waals surface area contributed by atoms with Crippen molar-refractivity contribution in [1.29, 1.82) is 0 Å². The number of nitrogens with zero attached hydrogens (tertiary/aromatic N) is 2. The maximum Gasteiger partial charge on any atom is 0.227 e. The van der Waals surface area contributed by atoms with Gasteiger partial charge in [0.25, 0.3) is 0 Å². The Balaban J connectivity index is 1.83. The highest BCUT2D eigenvalue weighted by Gasteiger charge is 2.34. The molecule has 0 aromatic heterocycles. The van der Waals surface area contributed by atoms with Crippen LogP contribution in [0.4, 0.5) is 0 Å². The van der Waals surface area contributed by atoms with E-state index in [0.29, 0.717) is 18.0 Å². The van der Waals surface area contributed by atoms with Crippen molar-refractivity contribution in [2.75, 3.05) is 33.2 Å². The Morgan fingerprint density at radius 1 is 1.32 bits per heavy atom. The molecule has 110 valence electrons. The van der Waals surface area contributed by atoms with Crippen molar-refractivity contribution in [3.63, 3.8) is 0 Å². The molecule has 0 spiro atoms. The van der Waals surface area contributed by atoms with Gasteiger partial charge in [-0.3, -0.25) is 4.79 Å². The molecular formula is C15H29N3O. The minimum atomic E-state index is 0.193. The lowest BCUT2D eigenvalue weighted by molar-refractivity contribution is -0.137. The summed E-state index contributed by atoms with van der Waals surface area (Å²) in [6.45, 7) is 8.85. The van der Waals surface area contributed by atoms with Crippen LogP contribution >= 0.6 is 0 Å². The molecule has 1 N–H and O–H groups in total. The zero-order valence-corrected chi connectivity index (χ0v) is 12.7. The molecule has 0 bridgehead atoms. The summed E-state index contributed by atoms with van der Waals surface area (Å²) >= 11 is 0. The van der Waals surface area contributed by atoms with E-state index < -0.39 is 0 Å². The fourth-order valence-electron chi connectivity index (χ4n) is 3.48. The van der Waals surface area contributed by atoms with E-state index in [-0.39, 0.29) is 5.92 Å². The summed E-state index contributed by atoms with van der Waals surface area (Å²) in [6, 6.07) is 0.795. The molecular weight excluding hydrogens is 238 g/mol. The molecule has 0 radical (unpaired) electrons. The summed E-state index contributed by atoms with van der Waals surface area (Å²) in [5, 5.41) is 3.38. The lowest BCUT2D eigenvalue weighted by Crippen LogP contribution is -2.48. The zero-order chi connectivity index (χ0) is 13.8. The molecule has 0 aliphatic carbocycles. The van der Waals surface area contributed by atoms with Crippen molar-refractivity contribution in [3.05, 3.63) is 0 Å². The Labute approximate surface area is 117 Å². The van der Waals surface area contributed by atoms with E-state index in [0.717, 1.165) is 38.9 Å². The molecule has 2 rings (SSSR count). The summed E-state index contributed by atoms with van der Waals surface area (Å²) in [7, 11) is 2.01. The fourth-order valence-corrected chi connectivity index (χ4v) is 3.48. The number of likely N-dealkylation sites (tertiary alicyclic amines) is 1. The Morgan fingerprint density at radius 2 is 2.00 bits per heavy atom. The maximum absolute atomic E-state index is 12.5. The van der Waals surface area contributed by atoms with Crippen molar-refractivity contribution in [2.24, 2.45) is 5.92 Å². The number of amides is 1. The number of carbonyl (C=O) groups excluding carboxylic acids is 1. The van der Waals surface area contributed by atoms with Crippen LogP contribution in [-0.4, -0.2) is 61.0 Å². The van der Waals surface area contributed by atoms with Crippen LogP contribution in [0.5, 0.6) is 0 Å². The van der Waals surface area contributed by atoms with E-state index in [1.165, 1.54) is 13.0 Å². The molecule has 2 atom stereocenters. The third kappa shape index (κ3) is 3.48. The first-order chi connectivity index (χ1) is 9.13. The van der Waals surface area contributed by atoms with E-state index in [1.807, 2.05) is 11.9 Å². The van der Waals surface area contributed by atoms with Crippen LogP contribution in [0.1, 0.15) is 39.5 Å². The van der Waals surface area contributed by atoms with Gasteiger partial charge in [0.1, 0.15) is 0 Å². The molecule has 2 saturated heterocycles. The first-order valence-corrected chi connectivity index (χ1v) is 7.86. The van der Waals surface area contributed by atoms with Gasteiger partial charge in [-0.2, -0.15) is 0 Å². The lowest BCUT2D eigenvalue weighted by Gasteiger charge is -2.38. The molecule has 2 aliphatic heterocycles. The third-order valence-corrected chi connectivity index (χ3v) is 4.83. The van der Waals surface area contributed by atoms with Crippen LogP contribution < -0.4 is 5.32 Å². The average Bonchev–Trinajstić information content (AvgIpc) is 2.84. The van der Waals surface area contributed by atoms with Gasteiger partial charge in [0.05, 0.1) is 5.92 Å². The van der Waals surface area contributed by atoms with E-state index in [9.17, 15) is 4.79 Å². The van der Waals surface area contributed by atoms with E-state index >= 15 is 0 Å². The van der Waals surface area contributed by atoms with Gasteiger partial charge in [-0.05, 0) is 45.7 Å². The van der Waals surface area contributed by atoms with Crippen molar-refractivity contribution in [2.45, 2.75) is 51.6 Å². The van der Waals surface area contributed by atoms with Crippen LogP contribution in [0.25, 0.3) is 0 Å². The van der Waals surface area contributed by atoms with Gasteiger partial charge >= 0.3 is 0 Å². The van der Waals surface area contributed by atoms with E-state index in [1.54, 1.807) is 0 Å². The van der Waals surface area contributed by atoms with Crippen LogP contribution in [-0.2, 0) is 4.79 Å². The minimum absolute atomic E-state index is 0.193. The summed E-state index contributed by atoms with van der Waals surface area (Å²) in [5.41, 5.74) is 0. The van der Waals surface area contributed by atoms with Crippen molar-refractivity contribution < 1.29 is 4.79 Å². The molecule has 2 unspecified atom stereocenters. The summed E-state index contributed by atoms with van der Waals surface area (Å²) in [6.07, 6.45) is 4.50. The largest absolute Gasteiger partial charge is 0.342 e. The van der Waals surface area contributed by atoms with E-state index in [4.69, 9.17) is 0 Å². The SMILES string of the molecule is CCCN1CCC(N(C)C(=O)C2CCNC2C)CC1. The predicted molar refractivity (Wildman–Crippen MR) is 78.1 cm³/mol. The zero-order valence-electron chi connectivity index (χ0n) is 12.7. The van der Waals surface area contributed by atoms with Gasteiger partial charge in [0.2, 0.25) is 5.91 Å². The molecule has 1 amide bonds. The van der Waals surface area contributed by atoms with Gasteiger partial charge in [0.15, 0.2) is 0 Å². The highest BCUT2D eigenvalue weighted by Crippen LogP contribution is 2.22. The molecule has 4 nitrogen and oxygen atoms in total. The number of hydrogen-bond acceptors (Lipinski definition) is 3. The molecule has 0 aromatic rings. The second-order valence-corrected chi connectivity index (χ2v) is 6.16. The second-order valence-electron chi connectivity index (χ2n) is 6.16. The Bertz CT molecular complexity index is 300. The van der Waals surface area contributed by atoms with Gasteiger partial charge in [-0.1, -0.05) is 6.92 Å². The normalized spacial score (nSPS) is 29.6. The highest BCUT2D eigenvalue weighted by atomic mass is 16.2. The maximum atomic E-state index is 12.5. The van der Waals surface area contributed by atoms with Gasteiger partial charge in [0, 0.05) is 32.2 Å². The molecule has 19 heavy (non-hydrogen) atoms. The smallest absolute Gasteiger partial charge is 0.227 e. The first-order valence-electron chi connectivity index (χ1n) is 7.86. The number of rotatable bonds is 4. The van der Waals surface area contributed by atoms with Gasteiger partial charge < -0.3 is 15.1 Å². The molecule has 0 aromatic carbocycles. The third-order valence-electron chi connectivity index (χ3n) is 4.83. The van der Waals surface area contributed by atoms with Crippen LogP contribution in [0.2, 0.25) is 0 Å². The Hall–Kier alpha value is -0.610. The van der Waals surface area contributed by atoms with Crippen LogP contribution in [0.15, 0.2) is 0 Å². The quantitative estimate of drug-likeness (QED) is 0.834. The Morgan fingerprint density at radius 3 is 2.53 bits per heavy atom. The molecule has 2 fully saturated rings. The number of nitrogens with one attached hydrogen (secondary N) is 1. The standard InChI is InChI=1S/C15H29N3O/c1-4-9-18-10-6-13(7-11-18)17(3)15(19)14-5-8-16-12(14)2/h12-14,16H,4-11H2,1-3H3. The van der Waals surface area contributed by atoms with Crippen LogP contribution in [0.3, 0.4) is 0 Å². The minimum Gasteiger partial charge on any atom is -0.342 e. The first kappa shape index (κ1) is 14.8. The highest BCUT2D eigenvalue weighted by molar-refractivity contribution is 5.80. The number of hydrogen-bond donors (Lipinski definition) is 1. The molecule has 2 aliphatic rings. The number of piperidine rings is 1. The summed E-state index contributed by atoms with van der Waals surface area (Å²) in [4.78, 5) is 17.1. The van der Waals surface area contributed by atoms with Crippen LogP contribution in [0, 0.1) is 5.92 Å². The fraction of sp³-hybridized carbons (Fsp3) is 0.933. The van der Waals surface area contributed by atoms with Gasteiger partial charge in [-0.25, -0.2) is 0 Å². The number of carbonyl (C=O) groups is 1.